The lowest BCUT2D eigenvalue weighted by molar-refractivity contribution is -0.141. The molecule has 0 fully saturated rings. The molecular weight excluding hydrogens is 354 g/mol. The van der Waals surface area contributed by atoms with Crippen molar-refractivity contribution < 1.29 is 14.3 Å². The van der Waals surface area contributed by atoms with E-state index in [1.54, 1.807) is 11.9 Å². The molecular formula is C15H20BrNO3S. The van der Waals surface area contributed by atoms with Crippen molar-refractivity contribution in [3.8, 4) is 0 Å². The molecule has 1 aromatic rings. The molecule has 1 rings (SSSR count). The summed E-state index contributed by atoms with van der Waals surface area (Å²) < 4.78 is 5.64. The van der Waals surface area contributed by atoms with Crippen molar-refractivity contribution in [2.45, 2.75) is 25.2 Å². The maximum absolute atomic E-state index is 12.0. The quantitative estimate of drug-likeness (QED) is 0.567. The van der Waals surface area contributed by atoms with Gasteiger partial charge in [0.25, 0.3) is 0 Å². The van der Waals surface area contributed by atoms with Crippen LogP contribution < -0.4 is 0 Å². The highest BCUT2D eigenvalue weighted by molar-refractivity contribution is 9.10. The number of thioether (sulfide) groups is 1. The summed E-state index contributed by atoms with van der Waals surface area (Å²) in [6, 6.07) is 4.13. The molecule has 116 valence electrons. The molecule has 4 nitrogen and oxygen atoms in total. The van der Waals surface area contributed by atoms with E-state index in [1.807, 2.05) is 13.8 Å². The monoisotopic (exact) mass is 373 g/mol. The first-order valence-electron chi connectivity index (χ1n) is 6.55. The molecule has 0 heterocycles. The predicted octanol–water partition coefficient (Wildman–Crippen LogP) is 3.18. The van der Waals surface area contributed by atoms with Crippen LogP contribution in [0.3, 0.4) is 0 Å². The smallest absolute Gasteiger partial charge is 0.307 e. The number of hydrogen-bond donors (Lipinski definition) is 0. The van der Waals surface area contributed by atoms with Crippen LogP contribution in [-0.4, -0.2) is 43.2 Å². The van der Waals surface area contributed by atoms with Crippen molar-refractivity contribution in [1.82, 2.24) is 4.90 Å². The zero-order valence-electron chi connectivity index (χ0n) is 12.7. The highest BCUT2D eigenvalue weighted by Gasteiger charge is 2.12. The first-order chi connectivity index (χ1) is 9.85. The number of rotatable bonds is 6. The molecule has 0 bridgehead atoms. The maximum Gasteiger partial charge on any atom is 0.307 e. The number of benzene rings is 1. The Morgan fingerprint density at radius 3 is 2.57 bits per heavy atom. The molecule has 0 aliphatic carbocycles. The van der Waals surface area contributed by atoms with Crippen LogP contribution in [0.4, 0.5) is 0 Å². The van der Waals surface area contributed by atoms with Gasteiger partial charge in [0.05, 0.1) is 19.3 Å². The largest absolute Gasteiger partial charge is 0.469 e. The number of ether oxygens (including phenoxy) is 1. The second-order valence-electron chi connectivity index (χ2n) is 4.80. The maximum atomic E-state index is 12.0. The molecule has 0 atom stereocenters. The third kappa shape index (κ3) is 5.71. The van der Waals surface area contributed by atoms with Gasteiger partial charge in [0.1, 0.15) is 0 Å². The molecule has 1 amide bonds. The van der Waals surface area contributed by atoms with Crippen molar-refractivity contribution in [3.63, 3.8) is 0 Å². The van der Waals surface area contributed by atoms with Gasteiger partial charge < -0.3 is 9.64 Å². The molecule has 0 aliphatic heterocycles. The third-order valence-corrected chi connectivity index (χ3v) is 5.11. The van der Waals surface area contributed by atoms with Crippen LogP contribution >= 0.6 is 27.7 Å². The van der Waals surface area contributed by atoms with Crippen molar-refractivity contribution in [2.75, 3.05) is 26.5 Å². The first-order valence-corrected chi connectivity index (χ1v) is 8.33. The summed E-state index contributed by atoms with van der Waals surface area (Å²) in [6.45, 7) is 4.43. The number of halogens is 1. The van der Waals surface area contributed by atoms with Gasteiger partial charge in [-0.25, -0.2) is 0 Å². The fourth-order valence-electron chi connectivity index (χ4n) is 1.65. The molecule has 6 heteroatoms. The Balaban J connectivity index is 2.53. The van der Waals surface area contributed by atoms with Crippen LogP contribution in [0.1, 0.15) is 17.5 Å². The summed E-state index contributed by atoms with van der Waals surface area (Å²) in [5.41, 5.74) is 2.29. The van der Waals surface area contributed by atoms with Crippen LogP contribution in [-0.2, 0) is 14.3 Å². The Labute approximate surface area is 138 Å². The number of hydrogen-bond acceptors (Lipinski definition) is 4. The van der Waals surface area contributed by atoms with E-state index >= 15 is 0 Å². The molecule has 0 spiro atoms. The second kappa shape index (κ2) is 8.44. The Morgan fingerprint density at radius 1 is 1.29 bits per heavy atom. The Kier molecular flexibility index (Phi) is 7.25. The summed E-state index contributed by atoms with van der Waals surface area (Å²) in [5.74, 6) is 0.0603. The zero-order valence-corrected chi connectivity index (χ0v) is 15.1. The molecule has 0 saturated carbocycles. The number of carbonyl (C=O) groups is 2. The van der Waals surface area contributed by atoms with Gasteiger partial charge in [-0.1, -0.05) is 15.9 Å². The fraction of sp³-hybridized carbons (Fsp3) is 0.467. The summed E-state index contributed by atoms with van der Waals surface area (Å²) in [4.78, 5) is 25.7. The minimum Gasteiger partial charge on any atom is -0.469 e. The first kappa shape index (κ1) is 18.0. The van der Waals surface area contributed by atoms with Crippen molar-refractivity contribution >= 4 is 39.6 Å². The Bertz CT molecular complexity index is 534. The highest BCUT2D eigenvalue weighted by Crippen LogP contribution is 2.28. The van der Waals surface area contributed by atoms with Gasteiger partial charge in [-0.3, -0.25) is 9.59 Å². The van der Waals surface area contributed by atoms with Gasteiger partial charge in [-0.2, -0.15) is 0 Å². The molecule has 0 N–H and O–H groups in total. The average Bonchev–Trinajstić information content (AvgIpc) is 2.46. The number of amides is 1. The summed E-state index contributed by atoms with van der Waals surface area (Å²) >= 11 is 5.01. The Hall–Kier alpha value is -1.01. The number of aryl methyl sites for hydroxylation is 2. The molecule has 0 radical (unpaired) electrons. The Morgan fingerprint density at radius 2 is 1.95 bits per heavy atom. The van der Waals surface area contributed by atoms with Crippen molar-refractivity contribution in [2.24, 2.45) is 0 Å². The van der Waals surface area contributed by atoms with Crippen LogP contribution in [0.2, 0.25) is 0 Å². The van der Waals surface area contributed by atoms with Crippen LogP contribution in [0, 0.1) is 13.8 Å². The van der Waals surface area contributed by atoms with Crippen LogP contribution in [0.25, 0.3) is 0 Å². The zero-order chi connectivity index (χ0) is 16.0. The fourth-order valence-corrected chi connectivity index (χ4v) is 3.15. The van der Waals surface area contributed by atoms with Crippen LogP contribution in [0.5, 0.6) is 0 Å². The molecule has 1 aromatic carbocycles. The predicted molar refractivity (Wildman–Crippen MR) is 88.6 cm³/mol. The number of carbonyl (C=O) groups excluding carboxylic acids is 2. The van der Waals surface area contributed by atoms with E-state index in [-0.39, 0.29) is 18.3 Å². The standard InChI is InChI=1S/C15H20BrNO3S/c1-10-8-13(11(2)7-12(10)16)21-9-14(18)17(3)6-5-15(19)20-4/h7-8H,5-6,9H2,1-4H3. The van der Waals surface area contributed by atoms with Gasteiger partial charge in [-0.05, 0) is 37.1 Å². The lowest BCUT2D eigenvalue weighted by Gasteiger charge is -2.16. The molecule has 0 unspecified atom stereocenters. The second-order valence-corrected chi connectivity index (χ2v) is 6.67. The number of esters is 1. The van der Waals surface area contributed by atoms with Gasteiger partial charge in [0, 0.05) is 23.0 Å². The summed E-state index contributed by atoms with van der Waals surface area (Å²) in [7, 11) is 3.05. The highest BCUT2D eigenvalue weighted by atomic mass is 79.9. The van der Waals surface area contributed by atoms with Gasteiger partial charge in [0.15, 0.2) is 0 Å². The van der Waals surface area contributed by atoms with E-state index in [2.05, 4.69) is 32.8 Å². The van der Waals surface area contributed by atoms with E-state index in [9.17, 15) is 9.59 Å². The number of methoxy groups -OCH3 is 1. The van der Waals surface area contributed by atoms with Gasteiger partial charge >= 0.3 is 5.97 Å². The van der Waals surface area contributed by atoms with Gasteiger partial charge in [0.2, 0.25) is 5.91 Å². The summed E-state index contributed by atoms with van der Waals surface area (Å²) in [6.07, 6.45) is 0.222. The van der Waals surface area contributed by atoms with E-state index < -0.39 is 0 Å². The lowest BCUT2D eigenvalue weighted by Crippen LogP contribution is -2.30. The molecule has 21 heavy (non-hydrogen) atoms. The molecule has 0 aliphatic rings. The third-order valence-electron chi connectivity index (χ3n) is 3.11. The summed E-state index contributed by atoms with van der Waals surface area (Å²) in [5, 5.41) is 0. The SMILES string of the molecule is COC(=O)CCN(C)C(=O)CSc1cc(C)c(Br)cc1C. The van der Waals surface area contributed by atoms with Gasteiger partial charge in [-0.15, -0.1) is 11.8 Å². The topological polar surface area (TPSA) is 46.6 Å². The average molecular weight is 374 g/mol. The lowest BCUT2D eigenvalue weighted by atomic mass is 10.2. The van der Waals surface area contributed by atoms with Crippen LogP contribution in [0.15, 0.2) is 21.5 Å². The molecule has 0 aromatic heterocycles. The minimum absolute atomic E-state index is 0.00359. The van der Waals surface area contributed by atoms with E-state index in [0.717, 1.165) is 20.5 Å². The number of nitrogens with zero attached hydrogens (tertiary/aromatic N) is 1. The van der Waals surface area contributed by atoms with E-state index in [0.29, 0.717) is 12.3 Å². The molecule has 0 saturated heterocycles. The van der Waals surface area contributed by atoms with Crippen molar-refractivity contribution in [3.05, 3.63) is 27.7 Å². The normalized spacial score (nSPS) is 10.3. The van der Waals surface area contributed by atoms with E-state index in [1.165, 1.54) is 18.9 Å². The minimum atomic E-state index is -0.304. The van der Waals surface area contributed by atoms with E-state index in [4.69, 9.17) is 0 Å². The van der Waals surface area contributed by atoms with Crippen molar-refractivity contribution in [1.29, 1.82) is 0 Å².